The second-order valence-corrected chi connectivity index (χ2v) is 8.90. The maximum atomic E-state index is 13.6. The number of amides is 1. The lowest BCUT2D eigenvalue weighted by molar-refractivity contribution is -0.114. The fraction of sp³-hybridized carbons (Fsp3) is 0.200. The van der Waals surface area contributed by atoms with E-state index in [-0.39, 0.29) is 28.4 Å². The Morgan fingerprint density at radius 3 is 2.21 bits per heavy atom. The summed E-state index contributed by atoms with van der Waals surface area (Å²) in [7, 11) is -4.12. The molecule has 0 spiro atoms. The molecule has 3 aromatic carbocycles. The van der Waals surface area contributed by atoms with Crippen molar-refractivity contribution in [1.82, 2.24) is 0 Å². The van der Waals surface area contributed by atoms with Gasteiger partial charge in [-0.25, -0.2) is 13.2 Å². The van der Waals surface area contributed by atoms with Gasteiger partial charge < -0.3 is 14.8 Å². The van der Waals surface area contributed by atoms with Crippen molar-refractivity contribution < 1.29 is 27.5 Å². The molecule has 0 aliphatic heterocycles. The predicted octanol–water partition coefficient (Wildman–Crippen LogP) is 4.10. The van der Waals surface area contributed by atoms with Gasteiger partial charge >= 0.3 is 5.97 Å². The molecule has 0 fully saturated rings. The maximum absolute atomic E-state index is 13.6. The molecular weight excluding hydrogens is 456 g/mol. The van der Waals surface area contributed by atoms with Gasteiger partial charge in [-0.3, -0.25) is 9.10 Å². The minimum absolute atomic E-state index is 0.0287. The van der Waals surface area contributed by atoms with Crippen LogP contribution in [-0.2, 0) is 19.6 Å². The van der Waals surface area contributed by atoms with Gasteiger partial charge in [-0.15, -0.1) is 0 Å². The van der Waals surface area contributed by atoms with Crippen LogP contribution in [0.1, 0.15) is 24.2 Å². The van der Waals surface area contributed by atoms with Crippen LogP contribution in [-0.4, -0.2) is 40.1 Å². The third kappa shape index (κ3) is 5.74. The van der Waals surface area contributed by atoms with Crippen LogP contribution in [0.3, 0.4) is 0 Å². The van der Waals surface area contributed by atoms with Gasteiger partial charge in [0.2, 0.25) is 5.91 Å². The molecule has 0 atom stereocenters. The first kappa shape index (κ1) is 24.8. The van der Waals surface area contributed by atoms with Crippen molar-refractivity contribution >= 4 is 33.3 Å². The highest BCUT2D eigenvalue weighted by Gasteiger charge is 2.29. The van der Waals surface area contributed by atoms with Gasteiger partial charge in [0.1, 0.15) is 12.3 Å². The van der Waals surface area contributed by atoms with Gasteiger partial charge in [0, 0.05) is 0 Å². The van der Waals surface area contributed by atoms with Crippen molar-refractivity contribution in [2.45, 2.75) is 18.7 Å². The molecule has 1 N–H and O–H groups in total. The zero-order valence-electron chi connectivity index (χ0n) is 18.9. The summed E-state index contributed by atoms with van der Waals surface area (Å²) in [5, 5.41) is 2.64. The Hall–Kier alpha value is -3.85. The van der Waals surface area contributed by atoms with Crippen molar-refractivity contribution in [2.24, 2.45) is 0 Å². The lowest BCUT2D eigenvalue weighted by atomic mass is 10.2. The molecule has 9 heteroatoms. The third-order valence-corrected chi connectivity index (χ3v) is 6.52. The zero-order chi connectivity index (χ0) is 24.6. The van der Waals surface area contributed by atoms with Gasteiger partial charge in [-0.1, -0.05) is 42.5 Å². The lowest BCUT2D eigenvalue weighted by Gasteiger charge is -2.26. The quantitative estimate of drug-likeness (QED) is 0.437. The van der Waals surface area contributed by atoms with Crippen LogP contribution < -0.4 is 14.4 Å². The first-order chi connectivity index (χ1) is 16.4. The number of esters is 1. The Labute approximate surface area is 199 Å². The molecule has 178 valence electrons. The van der Waals surface area contributed by atoms with E-state index in [4.69, 9.17) is 9.47 Å². The van der Waals surface area contributed by atoms with Crippen LogP contribution in [0.15, 0.2) is 83.8 Å². The number of nitrogens with zero attached hydrogens (tertiary/aromatic N) is 1. The van der Waals surface area contributed by atoms with Crippen LogP contribution in [0.5, 0.6) is 5.75 Å². The Kier molecular flexibility index (Phi) is 8.26. The Morgan fingerprint density at radius 2 is 1.50 bits per heavy atom. The Morgan fingerprint density at radius 1 is 0.853 bits per heavy atom. The molecular formula is C25H26N2O6S. The first-order valence-electron chi connectivity index (χ1n) is 10.7. The van der Waals surface area contributed by atoms with E-state index in [0.29, 0.717) is 12.4 Å². The van der Waals surface area contributed by atoms with E-state index in [2.05, 4.69) is 5.32 Å². The van der Waals surface area contributed by atoms with Crippen LogP contribution in [0.25, 0.3) is 0 Å². The van der Waals surface area contributed by atoms with Crippen molar-refractivity contribution in [3.63, 3.8) is 0 Å². The third-order valence-electron chi connectivity index (χ3n) is 4.75. The number of hydrogen-bond acceptors (Lipinski definition) is 6. The summed E-state index contributed by atoms with van der Waals surface area (Å²) in [5.41, 5.74) is 0.619. The zero-order valence-corrected chi connectivity index (χ0v) is 19.7. The van der Waals surface area contributed by atoms with E-state index in [9.17, 15) is 18.0 Å². The number of anilines is 2. The SMILES string of the molecule is CCOC(=O)c1ccccc1NC(=O)CN(c1ccccc1OCC)S(=O)(=O)c1ccccc1. The van der Waals surface area contributed by atoms with Crippen molar-refractivity contribution in [3.05, 3.63) is 84.4 Å². The number of nitrogens with one attached hydrogen (secondary N) is 1. The van der Waals surface area contributed by atoms with Gasteiger partial charge in [0.05, 0.1) is 35.0 Å². The standard InChI is InChI=1S/C25H26N2O6S/c1-3-32-23-17-11-10-16-22(23)27(34(30,31)19-12-6-5-7-13-19)18-24(28)26-21-15-9-8-14-20(21)25(29)33-4-2/h5-17H,3-4,18H2,1-2H3,(H,26,28). The van der Waals surface area contributed by atoms with Gasteiger partial charge in [0.15, 0.2) is 0 Å². The molecule has 34 heavy (non-hydrogen) atoms. The van der Waals surface area contributed by atoms with Crippen LogP contribution in [0.2, 0.25) is 0 Å². The van der Waals surface area contributed by atoms with Crippen LogP contribution in [0, 0.1) is 0 Å². The van der Waals surface area contributed by atoms with E-state index in [1.54, 1.807) is 74.5 Å². The topological polar surface area (TPSA) is 102 Å². The number of hydrogen-bond donors (Lipinski definition) is 1. The van der Waals surface area contributed by atoms with E-state index in [1.807, 2.05) is 0 Å². The summed E-state index contributed by atoms with van der Waals surface area (Å²) in [6.45, 7) is 3.42. The monoisotopic (exact) mass is 482 g/mol. The highest BCUT2D eigenvalue weighted by atomic mass is 32.2. The first-order valence-corrected chi connectivity index (χ1v) is 12.2. The van der Waals surface area contributed by atoms with Gasteiger partial charge in [-0.2, -0.15) is 0 Å². The van der Waals surface area contributed by atoms with Crippen molar-refractivity contribution in [2.75, 3.05) is 29.4 Å². The van der Waals surface area contributed by atoms with Crippen LogP contribution in [0.4, 0.5) is 11.4 Å². The highest BCUT2D eigenvalue weighted by molar-refractivity contribution is 7.92. The van der Waals surface area contributed by atoms with Crippen LogP contribution >= 0.6 is 0 Å². The molecule has 0 unspecified atom stereocenters. The number of benzene rings is 3. The fourth-order valence-corrected chi connectivity index (χ4v) is 4.71. The molecule has 3 aromatic rings. The summed E-state index contributed by atoms with van der Waals surface area (Å²) in [6.07, 6.45) is 0. The number of carbonyl (C=O) groups is 2. The molecule has 0 aromatic heterocycles. The summed E-state index contributed by atoms with van der Waals surface area (Å²) in [4.78, 5) is 25.3. The summed E-state index contributed by atoms with van der Waals surface area (Å²) < 4.78 is 38.8. The molecule has 3 rings (SSSR count). The molecule has 0 saturated carbocycles. The number of carbonyl (C=O) groups excluding carboxylic acids is 2. The van der Waals surface area contributed by atoms with E-state index >= 15 is 0 Å². The average molecular weight is 483 g/mol. The molecule has 0 heterocycles. The molecule has 1 amide bonds. The van der Waals surface area contributed by atoms with E-state index in [1.165, 1.54) is 18.2 Å². The van der Waals surface area contributed by atoms with Gasteiger partial charge in [-0.05, 0) is 50.2 Å². The predicted molar refractivity (Wildman–Crippen MR) is 130 cm³/mol. The molecule has 8 nitrogen and oxygen atoms in total. The molecule has 0 aliphatic rings. The largest absolute Gasteiger partial charge is 0.492 e. The summed E-state index contributed by atoms with van der Waals surface area (Å²) in [6, 6.07) is 20.8. The summed E-state index contributed by atoms with van der Waals surface area (Å²) >= 11 is 0. The Balaban J connectivity index is 1.98. The second-order valence-electron chi connectivity index (χ2n) is 7.04. The number of sulfonamides is 1. The normalized spacial score (nSPS) is 10.9. The van der Waals surface area contributed by atoms with E-state index in [0.717, 1.165) is 4.31 Å². The summed E-state index contributed by atoms with van der Waals surface area (Å²) in [5.74, 6) is -0.902. The lowest BCUT2D eigenvalue weighted by Crippen LogP contribution is -2.38. The second kappa shape index (κ2) is 11.3. The average Bonchev–Trinajstić information content (AvgIpc) is 2.84. The van der Waals surface area contributed by atoms with Crippen molar-refractivity contribution in [1.29, 1.82) is 0 Å². The highest BCUT2D eigenvalue weighted by Crippen LogP contribution is 2.32. The Bertz CT molecular complexity index is 1250. The number of ether oxygens (including phenoxy) is 2. The molecule has 0 bridgehead atoms. The molecule has 0 saturated heterocycles. The maximum Gasteiger partial charge on any atom is 0.340 e. The minimum Gasteiger partial charge on any atom is -0.492 e. The minimum atomic E-state index is -4.12. The van der Waals surface area contributed by atoms with Crippen molar-refractivity contribution in [3.8, 4) is 5.75 Å². The fourth-order valence-electron chi connectivity index (χ4n) is 3.26. The smallest absolute Gasteiger partial charge is 0.340 e. The molecule has 0 radical (unpaired) electrons. The van der Waals surface area contributed by atoms with Gasteiger partial charge in [0.25, 0.3) is 10.0 Å². The molecule has 0 aliphatic carbocycles. The number of rotatable bonds is 10. The van der Waals surface area contributed by atoms with E-state index < -0.39 is 28.4 Å². The number of para-hydroxylation sites is 3.